The third-order valence-electron chi connectivity index (χ3n) is 5.60. The van der Waals surface area contributed by atoms with Gasteiger partial charge in [-0.1, -0.05) is 54.6 Å². The van der Waals surface area contributed by atoms with Gasteiger partial charge < -0.3 is 4.90 Å². The second-order valence-corrected chi connectivity index (χ2v) is 7.66. The fraction of sp³-hybridized carbons (Fsp3) is 0.240. The van der Waals surface area contributed by atoms with Crippen LogP contribution in [-0.4, -0.2) is 23.9 Å². The molecule has 1 aliphatic rings. The zero-order valence-corrected chi connectivity index (χ0v) is 16.2. The Hall–Kier alpha value is -3.01. The molecule has 1 aliphatic heterocycles. The number of hydrogen-bond donors (Lipinski definition) is 0. The first-order valence-corrected chi connectivity index (χ1v) is 9.98. The Morgan fingerprint density at radius 2 is 1.41 bits per heavy atom. The lowest BCUT2D eigenvalue weighted by Crippen LogP contribution is -2.39. The highest BCUT2D eigenvalue weighted by molar-refractivity contribution is 5.94. The van der Waals surface area contributed by atoms with Gasteiger partial charge in [0.1, 0.15) is 11.6 Å². The minimum atomic E-state index is -0.720. The van der Waals surface area contributed by atoms with E-state index in [-0.39, 0.29) is 11.5 Å². The lowest BCUT2D eigenvalue weighted by molar-refractivity contribution is 0.0689. The van der Waals surface area contributed by atoms with E-state index in [0.29, 0.717) is 19.0 Å². The predicted molar refractivity (Wildman–Crippen MR) is 111 cm³/mol. The van der Waals surface area contributed by atoms with Crippen LogP contribution in [0.4, 0.5) is 8.78 Å². The van der Waals surface area contributed by atoms with E-state index in [1.165, 1.54) is 16.7 Å². The third-order valence-corrected chi connectivity index (χ3v) is 5.60. The summed E-state index contributed by atoms with van der Waals surface area (Å²) in [5.74, 6) is -1.23. The monoisotopic (exact) mass is 391 g/mol. The summed E-state index contributed by atoms with van der Waals surface area (Å²) < 4.78 is 26.8. The summed E-state index contributed by atoms with van der Waals surface area (Å²) in [6.07, 6.45) is 2.76. The molecular weight excluding hydrogens is 368 g/mol. The highest BCUT2D eigenvalue weighted by Gasteiger charge is 2.24. The third kappa shape index (κ3) is 4.70. The fourth-order valence-corrected chi connectivity index (χ4v) is 4.00. The molecule has 1 fully saturated rings. The normalized spacial score (nSPS) is 14.8. The van der Waals surface area contributed by atoms with Crippen molar-refractivity contribution in [1.82, 2.24) is 4.90 Å². The Morgan fingerprint density at radius 3 is 2.03 bits per heavy atom. The Kier molecular flexibility index (Phi) is 5.70. The van der Waals surface area contributed by atoms with E-state index in [1.807, 2.05) is 18.2 Å². The van der Waals surface area contributed by atoms with E-state index in [2.05, 4.69) is 36.4 Å². The highest BCUT2D eigenvalue weighted by Crippen LogP contribution is 2.25. The molecular formula is C25H23F2NO. The van der Waals surface area contributed by atoms with Crippen LogP contribution in [0, 0.1) is 17.6 Å². The van der Waals surface area contributed by atoms with Crippen LogP contribution in [0.1, 0.15) is 28.8 Å². The molecule has 29 heavy (non-hydrogen) atoms. The van der Waals surface area contributed by atoms with Crippen LogP contribution in [-0.2, 0) is 6.42 Å². The predicted octanol–water partition coefficient (Wildman–Crippen LogP) is 5.73. The van der Waals surface area contributed by atoms with E-state index in [4.69, 9.17) is 0 Å². The summed E-state index contributed by atoms with van der Waals surface area (Å²) in [5.41, 5.74) is 3.79. The summed E-state index contributed by atoms with van der Waals surface area (Å²) >= 11 is 0. The van der Waals surface area contributed by atoms with Gasteiger partial charge in [-0.2, -0.15) is 0 Å². The zero-order chi connectivity index (χ0) is 20.2. The number of nitrogens with zero attached hydrogens (tertiary/aromatic N) is 1. The van der Waals surface area contributed by atoms with Crippen LogP contribution < -0.4 is 0 Å². The largest absolute Gasteiger partial charge is 0.339 e. The number of hydrogen-bond acceptors (Lipinski definition) is 1. The van der Waals surface area contributed by atoms with Crippen molar-refractivity contribution in [1.29, 1.82) is 0 Å². The molecule has 0 atom stereocenters. The number of carbonyl (C=O) groups is 1. The molecule has 0 aliphatic carbocycles. The first-order valence-electron chi connectivity index (χ1n) is 9.98. The van der Waals surface area contributed by atoms with Crippen LogP contribution in [0.15, 0.2) is 72.8 Å². The molecule has 1 heterocycles. The Balaban J connectivity index is 1.33. The topological polar surface area (TPSA) is 20.3 Å². The second-order valence-electron chi connectivity index (χ2n) is 7.66. The van der Waals surface area contributed by atoms with Crippen molar-refractivity contribution in [2.45, 2.75) is 19.3 Å². The van der Waals surface area contributed by atoms with Crippen LogP contribution in [0.5, 0.6) is 0 Å². The Bertz CT molecular complexity index is 957. The summed E-state index contributed by atoms with van der Waals surface area (Å²) in [5, 5.41) is 0. The number of carbonyl (C=O) groups excluding carboxylic acids is 1. The van der Waals surface area contributed by atoms with Crippen LogP contribution in [0.2, 0.25) is 0 Å². The minimum absolute atomic E-state index is 0.0810. The molecule has 2 nitrogen and oxygen atoms in total. The first-order chi connectivity index (χ1) is 14.1. The zero-order valence-electron chi connectivity index (χ0n) is 16.2. The van der Waals surface area contributed by atoms with Crippen molar-refractivity contribution in [3.63, 3.8) is 0 Å². The van der Waals surface area contributed by atoms with Crippen molar-refractivity contribution >= 4 is 5.91 Å². The SMILES string of the molecule is O=C(c1cc(F)cc(F)c1)N1CCC(Cc2ccc(-c3ccccc3)cc2)CC1. The number of amides is 1. The molecule has 4 heteroatoms. The average Bonchev–Trinajstić information content (AvgIpc) is 2.74. The molecule has 3 aromatic rings. The summed E-state index contributed by atoms with van der Waals surface area (Å²) in [6.45, 7) is 1.23. The molecule has 0 aromatic heterocycles. The smallest absolute Gasteiger partial charge is 0.254 e. The maximum Gasteiger partial charge on any atom is 0.254 e. The van der Waals surface area contributed by atoms with Crippen LogP contribution in [0.3, 0.4) is 0 Å². The van der Waals surface area contributed by atoms with Gasteiger partial charge >= 0.3 is 0 Å². The Labute approximate surface area is 169 Å². The molecule has 0 bridgehead atoms. The molecule has 3 aromatic carbocycles. The Morgan fingerprint density at radius 1 is 0.828 bits per heavy atom. The van der Waals surface area contributed by atoms with Gasteiger partial charge in [0, 0.05) is 24.7 Å². The molecule has 1 amide bonds. The average molecular weight is 391 g/mol. The molecule has 0 spiro atoms. The number of rotatable bonds is 4. The molecule has 0 saturated carbocycles. The van der Waals surface area contributed by atoms with E-state index in [0.717, 1.165) is 37.5 Å². The maximum absolute atomic E-state index is 13.4. The van der Waals surface area contributed by atoms with Gasteiger partial charge in [0.25, 0.3) is 5.91 Å². The summed E-state index contributed by atoms with van der Waals surface area (Å²) in [6, 6.07) is 21.9. The quantitative estimate of drug-likeness (QED) is 0.556. The van der Waals surface area contributed by atoms with Gasteiger partial charge in [0.05, 0.1) is 0 Å². The number of halogens is 2. The van der Waals surface area contributed by atoms with Crippen LogP contribution >= 0.6 is 0 Å². The number of piperidine rings is 1. The van der Waals surface area contributed by atoms with Gasteiger partial charge in [0.2, 0.25) is 0 Å². The number of likely N-dealkylation sites (tertiary alicyclic amines) is 1. The van der Waals surface area contributed by atoms with E-state index in [1.54, 1.807) is 4.90 Å². The second kappa shape index (κ2) is 8.56. The van der Waals surface area contributed by atoms with Gasteiger partial charge in [-0.15, -0.1) is 0 Å². The highest BCUT2D eigenvalue weighted by atomic mass is 19.1. The lowest BCUT2D eigenvalue weighted by Gasteiger charge is -2.32. The van der Waals surface area contributed by atoms with Crippen molar-refractivity contribution in [2.75, 3.05) is 13.1 Å². The van der Waals surface area contributed by atoms with Gasteiger partial charge in [0.15, 0.2) is 0 Å². The van der Waals surface area contributed by atoms with Crippen molar-refractivity contribution in [2.24, 2.45) is 5.92 Å². The van der Waals surface area contributed by atoms with Crippen molar-refractivity contribution < 1.29 is 13.6 Å². The van der Waals surface area contributed by atoms with Gasteiger partial charge in [-0.25, -0.2) is 8.78 Å². The van der Waals surface area contributed by atoms with Crippen LogP contribution in [0.25, 0.3) is 11.1 Å². The van der Waals surface area contributed by atoms with E-state index >= 15 is 0 Å². The fourth-order valence-electron chi connectivity index (χ4n) is 4.00. The van der Waals surface area contributed by atoms with Gasteiger partial charge in [-0.3, -0.25) is 4.79 Å². The summed E-state index contributed by atoms with van der Waals surface area (Å²) in [7, 11) is 0. The molecule has 0 radical (unpaired) electrons. The standard InChI is InChI=1S/C25H23F2NO/c26-23-15-22(16-24(27)17-23)25(29)28-12-10-19(11-13-28)14-18-6-8-21(9-7-18)20-4-2-1-3-5-20/h1-9,15-17,19H,10-14H2. The van der Waals surface area contributed by atoms with E-state index < -0.39 is 11.6 Å². The molecule has 0 unspecified atom stereocenters. The van der Waals surface area contributed by atoms with E-state index in [9.17, 15) is 13.6 Å². The van der Waals surface area contributed by atoms with Crippen molar-refractivity contribution in [3.8, 4) is 11.1 Å². The first kappa shape index (κ1) is 19.3. The minimum Gasteiger partial charge on any atom is -0.339 e. The molecule has 1 saturated heterocycles. The van der Waals surface area contributed by atoms with Crippen molar-refractivity contribution in [3.05, 3.63) is 95.6 Å². The lowest BCUT2D eigenvalue weighted by atomic mass is 9.89. The molecule has 0 N–H and O–H groups in total. The molecule has 4 rings (SSSR count). The summed E-state index contributed by atoms with van der Waals surface area (Å²) in [4.78, 5) is 14.2. The molecule has 148 valence electrons. The van der Waals surface area contributed by atoms with Gasteiger partial charge in [-0.05, 0) is 54.0 Å². The number of benzene rings is 3. The maximum atomic E-state index is 13.4.